The van der Waals surface area contributed by atoms with Gasteiger partial charge < -0.3 is 5.32 Å². The SMILES string of the molecule is CCCC(CNC(C)(C)C)Cc1nc(C)c(C)s1. The lowest BCUT2D eigenvalue weighted by molar-refractivity contribution is 0.354. The lowest BCUT2D eigenvalue weighted by Crippen LogP contribution is -2.39. The Hall–Kier alpha value is -0.410. The van der Waals surface area contributed by atoms with Gasteiger partial charge >= 0.3 is 0 Å². The van der Waals surface area contributed by atoms with Crippen molar-refractivity contribution in [1.82, 2.24) is 10.3 Å². The minimum absolute atomic E-state index is 0.209. The summed E-state index contributed by atoms with van der Waals surface area (Å²) in [7, 11) is 0. The van der Waals surface area contributed by atoms with Crippen molar-refractivity contribution in [1.29, 1.82) is 0 Å². The average molecular weight is 268 g/mol. The van der Waals surface area contributed by atoms with Crippen LogP contribution in [0.4, 0.5) is 0 Å². The van der Waals surface area contributed by atoms with E-state index in [0.717, 1.165) is 13.0 Å². The van der Waals surface area contributed by atoms with Gasteiger partial charge in [-0.1, -0.05) is 13.3 Å². The third-order valence-electron chi connectivity index (χ3n) is 3.15. The van der Waals surface area contributed by atoms with Crippen molar-refractivity contribution in [3.05, 3.63) is 15.6 Å². The molecule has 1 aromatic rings. The maximum atomic E-state index is 4.67. The highest BCUT2D eigenvalue weighted by molar-refractivity contribution is 7.11. The molecule has 1 rings (SSSR count). The van der Waals surface area contributed by atoms with Crippen LogP contribution in [-0.4, -0.2) is 17.1 Å². The molecule has 104 valence electrons. The molecule has 0 aliphatic rings. The number of rotatable bonds is 6. The molecule has 1 heterocycles. The van der Waals surface area contributed by atoms with Crippen LogP contribution in [0.25, 0.3) is 0 Å². The standard InChI is InChI=1S/C15H28N2S/c1-7-8-13(10-16-15(4,5)6)9-14-17-11(2)12(3)18-14/h13,16H,7-10H2,1-6H3. The highest BCUT2D eigenvalue weighted by atomic mass is 32.1. The van der Waals surface area contributed by atoms with Crippen molar-refractivity contribution in [2.75, 3.05) is 6.54 Å². The molecule has 1 atom stereocenters. The number of aryl methyl sites for hydroxylation is 2. The second-order valence-electron chi connectivity index (χ2n) is 6.24. The van der Waals surface area contributed by atoms with Gasteiger partial charge in [0.05, 0.1) is 10.7 Å². The molecule has 0 spiro atoms. The van der Waals surface area contributed by atoms with E-state index in [1.165, 1.54) is 28.4 Å². The van der Waals surface area contributed by atoms with Gasteiger partial charge in [0.15, 0.2) is 0 Å². The Bertz CT molecular complexity index is 344. The first kappa shape index (κ1) is 15.6. The monoisotopic (exact) mass is 268 g/mol. The first-order valence-electron chi connectivity index (χ1n) is 6.99. The normalized spacial score (nSPS) is 13.9. The molecule has 18 heavy (non-hydrogen) atoms. The summed E-state index contributed by atoms with van der Waals surface area (Å²) in [5.74, 6) is 0.708. The Balaban J connectivity index is 2.57. The Morgan fingerprint density at radius 2 is 1.94 bits per heavy atom. The summed E-state index contributed by atoms with van der Waals surface area (Å²) >= 11 is 1.86. The molecule has 0 fully saturated rings. The summed E-state index contributed by atoms with van der Waals surface area (Å²) in [5.41, 5.74) is 1.41. The predicted octanol–water partition coefficient (Wildman–Crippen LogP) is 4.11. The molecular weight excluding hydrogens is 240 g/mol. The molecule has 0 aliphatic heterocycles. The van der Waals surface area contributed by atoms with Gasteiger partial charge in [-0.05, 0) is 53.5 Å². The van der Waals surface area contributed by atoms with E-state index in [0.29, 0.717) is 5.92 Å². The molecular formula is C15H28N2S. The Morgan fingerprint density at radius 1 is 1.28 bits per heavy atom. The summed E-state index contributed by atoms with van der Waals surface area (Å²) in [6.07, 6.45) is 3.65. The first-order valence-corrected chi connectivity index (χ1v) is 7.81. The summed E-state index contributed by atoms with van der Waals surface area (Å²) in [6, 6.07) is 0. The van der Waals surface area contributed by atoms with Crippen LogP contribution in [0, 0.1) is 19.8 Å². The maximum absolute atomic E-state index is 4.67. The molecule has 0 aliphatic carbocycles. The van der Waals surface area contributed by atoms with Crippen molar-refractivity contribution in [3.63, 3.8) is 0 Å². The van der Waals surface area contributed by atoms with Crippen molar-refractivity contribution >= 4 is 11.3 Å². The van der Waals surface area contributed by atoms with E-state index in [1.807, 2.05) is 11.3 Å². The van der Waals surface area contributed by atoms with Crippen LogP contribution in [0.5, 0.6) is 0 Å². The molecule has 1 unspecified atom stereocenters. The highest BCUT2D eigenvalue weighted by Crippen LogP contribution is 2.21. The quantitative estimate of drug-likeness (QED) is 0.840. The Morgan fingerprint density at radius 3 is 2.39 bits per heavy atom. The topological polar surface area (TPSA) is 24.9 Å². The number of aromatic nitrogens is 1. The van der Waals surface area contributed by atoms with Crippen molar-refractivity contribution in [2.45, 2.75) is 66.3 Å². The third kappa shape index (κ3) is 5.49. The van der Waals surface area contributed by atoms with Crippen LogP contribution >= 0.6 is 11.3 Å². The van der Waals surface area contributed by atoms with Gasteiger partial charge in [0.25, 0.3) is 0 Å². The van der Waals surface area contributed by atoms with Crippen LogP contribution in [0.15, 0.2) is 0 Å². The van der Waals surface area contributed by atoms with Crippen LogP contribution in [0.1, 0.15) is 56.1 Å². The van der Waals surface area contributed by atoms with E-state index < -0.39 is 0 Å². The van der Waals surface area contributed by atoms with Gasteiger partial charge in [0.1, 0.15) is 0 Å². The molecule has 1 N–H and O–H groups in total. The van der Waals surface area contributed by atoms with Crippen LogP contribution in [0.2, 0.25) is 0 Å². The van der Waals surface area contributed by atoms with E-state index in [9.17, 15) is 0 Å². The molecule has 0 aromatic carbocycles. The van der Waals surface area contributed by atoms with Crippen LogP contribution < -0.4 is 5.32 Å². The third-order valence-corrected chi connectivity index (χ3v) is 4.25. The van der Waals surface area contributed by atoms with E-state index >= 15 is 0 Å². The highest BCUT2D eigenvalue weighted by Gasteiger charge is 2.16. The number of hydrogen-bond acceptors (Lipinski definition) is 3. The van der Waals surface area contributed by atoms with E-state index in [1.54, 1.807) is 0 Å². The molecule has 0 amide bonds. The van der Waals surface area contributed by atoms with Gasteiger partial charge in [-0.15, -0.1) is 11.3 Å². The molecule has 0 saturated heterocycles. The number of nitrogens with one attached hydrogen (secondary N) is 1. The zero-order chi connectivity index (χ0) is 13.8. The van der Waals surface area contributed by atoms with Crippen LogP contribution in [-0.2, 0) is 6.42 Å². The van der Waals surface area contributed by atoms with Gasteiger partial charge in [0, 0.05) is 16.8 Å². The minimum atomic E-state index is 0.209. The molecule has 0 radical (unpaired) electrons. The van der Waals surface area contributed by atoms with Crippen molar-refractivity contribution in [2.24, 2.45) is 5.92 Å². The van der Waals surface area contributed by atoms with Crippen molar-refractivity contribution in [3.8, 4) is 0 Å². The Labute approximate surface area is 116 Å². The van der Waals surface area contributed by atoms with E-state index in [4.69, 9.17) is 0 Å². The number of nitrogens with zero attached hydrogens (tertiary/aromatic N) is 1. The summed E-state index contributed by atoms with van der Waals surface area (Å²) in [6.45, 7) is 14.3. The average Bonchev–Trinajstić information content (AvgIpc) is 2.54. The summed E-state index contributed by atoms with van der Waals surface area (Å²) in [4.78, 5) is 6.03. The molecule has 0 bridgehead atoms. The molecule has 0 saturated carbocycles. The maximum Gasteiger partial charge on any atom is 0.0934 e. The first-order chi connectivity index (χ1) is 8.31. The van der Waals surface area contributed by atoms with Gasteiger partial charge in [-0.2, -0.15) is 0 Å². The second-order valence-corrected chi connectivity index (χ2v) is 7.53. The van der Waals surface area contributed by atoms with Gasteiger partial charge in [-0.25, -0.2) is 4.98 Å². The molecule has 3 heteroatoms. The largest absolute Gasteiger partial charge is 0.312 e. The second kappa shape index (κ2) is 6.67. The zero-order valence-electron chi connectivity index (χ0n) is 12.8. The smallest absolute Gasteiger partial charge is 0.0934 e. The van der Waals surface area contributed by atoms with Gasteiger partial charge in [-0.3, -0.25) is 0 Å². The minimum Gasteiger partial charge on any atom is -0.312 e. The van der Waals surface area contributed by atoms with E-state index in [2.05, 4.69) is 51.8 Å². The summed E-state index contributed by atoms with van der Waals surface area (Å²) in [5, 5.41) is 4.93. The summed E-state index contributed by atoms with van der Waals surface area (Å²) < 4.78 is 0. The fourth-order valence-electron chi connectivity index (χ4n) is 2.01. The molecule has 2 nitrogen and oxygen atoms in total. The lowest BCUT2D eigenvalue weighted by atomic mass is 9.98. The van der Waals surface area contributed by atoms with Crippen molar-refractivity contribution < 1.29 is 0 Å². The van der Waals surface area contributed by atoms with Crippen LogP contribution in [0.3, 0.4) is 0 Å². The molecule has 1 aromatic heterocycles. The zero-order valence-corrected chi connectivity index (χ0v) is 13.6. The fraction of sp³-hybridized carbons (Fsp3) is 0.800. The number of thiazole rings is 1. The van der Waals surface area contributed by atoms with Gasteiger partial charge in [0.2, 0.25) is 0 Å². The Kier molecular flexibility index (Phi) is 5.80. The van der Waals surface area contributed by atoms with E-state index in [-0.39, 0.29) is 5.54 Å². The number of hydrogen-bond donors (Lipinski definition) is 1. The predicted molar refractivity (Wildman–Crippen MR) is 81.4 cm³/mol. The lowest BCUT2D eigenvalue weighted by Gasteiger charge is -2.24. The fourth-order valence-corrected chi connectivity index (χ4v) is 3.06.